The highest BCUT2D eigenvalue weighted by molar-refractivity contribution is 8.00. The highest BCUT2D eigenvalue weighted by Gasteiger charge is 2.45. The zero-order valence-electron chi connectivity index (χ0n) is 11.7. The highest BCUT2D eigenvalue weighted by Crippen LogP contribution is 2.38. The van der Waals surface area contributed by atoms with Gasteiger partial charge in [-0.05, 0) is 18.6 Å². The molecule has 2 aliphatic heterocycles. The van der Waals surface area contributed by atoms with E-state index in [4.69, 9.17) is 9.47 Å². The predicted molar refractivity (Wildman–Crippen MR) is 78.8 cm³/mol. The zero-order valence-corrected chi connectivity index (χ0v) is 12.5. The topological polar surface area (TPSA) is 55.8 Å². The second kappa shape index (κ2) is 6.07. The van der Waals surface area contributed by atoms with Gasteiger partial charge in [-0.1, -0.05) is 18.2 Å². The van der Waals surface area contributed by atoms with E-state index in [-0.39, 0.29) is 12.0 Å². The molecule has 1 aromatic rings. The fraction of sp³-hybridized carbons (Fsp3) is 0.467. The molecule has 0 unspecified atom stereocenters. The van der Waals surface area contributed by atoms with E-state index >= 15 is 0 Å². The minimum Gasteiger partial charge on any atom is -0.424 e. The number of nitrogens with zero attached hydrogens (tertiary/aromatic N) is 1. The van der Waals surface area contributed by atoms with Crippen LogP contribution in [-0.4, -0.2) is 46.8 Å². The van der Waals surface area contributed by atoms with Gasteiger partial charge in [0.1, 0.15) is 6.04 Å². The second-order valence-electron chi connectivity index (χ2n) is 5.11. The Balaban J connectivity index is 1.51. The van der Waals surface area contributed by atoms with Gasteiger partial charge in [0.05, 0.1) is 10.9 Å². The first-order valence-corrected chi connectivity index (χ1v) is 8.04. The standard InChI is InChI=1S/C15H17NO4S/c1-10(19-14(17)11-5-3-2-4-6-11)20-15(18)12-9-21-13-7-8-16(12)13/h2-6,10,12-13H,7-9H2,1H3/t10-,12+,13-/m1/s1. The van der Waals surface area contributed by atoms with Crippen LogP contribution in [0.15, 0.2) is 30.3 Å². The van der Waals surface area contributed by atoms with Gasteiger partial charge < -0.3 is 9.47 Å². The number of fused-ring (bicyclic) bond motifs is 1. The summed E-state index contributed by atoms with van der Waals surface area (Å²) in [6.07, 6.45) is 0.253. The van der Waals surface area contributed by atoms with E-state index in [1.54, 1.807) is 43.0 Å². The van der Waals surface area contributed by atoms with E-state index in [1.807, 2.05) is 6.07 Å². The Bertz CT molecular complexity index is 536. The molecule has 3 rings (SSSR count). The minimum atomic E-state index is -0.879. The van der Waals surface area contributed by atoms with Gasteiger partial charge in [0.15, 0.2) is 0 Å². The van der Waals surface area contributed by atoms with E-state index < -0.39 is 12.3 Å². The van der Waals surface area contributed by atoms with Crippen LogP contribution in [0.3, 0.4) is 0 Å². The molecule has 21 heavy (non-hydrogen) atoms. The average Bonchev–Trinajstić information content (AvgIpc) is 2.74. The van der Waals surface area contributed by atoms with Gasteiger partial charge in [-0.3, -0.25) is 9.69 Å². The molecule has 112 valence electrons. The molecule has 0 bridgehead atoms. The van der Waals surface area contributed by atoms with Crippen LogP contribution in [0.1, 0.15) is 23.7 Å². The Morgan fingerprint density at radius 2 is 2.05 bits per heavy atom. The number of thioether (sulfide) groups is 1. The van der Waals surface area contributed by atoms with Gasteiger partial charge in [-0.2, -0.15) is 0 Å². The van der Waals surface area contributed by atoms with Crippen LogP contribution < -0.4 is 0 Å². The number of hydrogen-bond acceptors (Lipinski definition) is 6. The smallest absolute Gasteiger partial charge is 0.341 e. The van der Waals surface area contributed by atoms with Crippen LogP contribution in [-0.2, 0) is 14.3 Å². The summed E-state index contributed by atoms with van der Waals surface area (Å²) >= 11 is 1.78. The molecule has 2 aliphatic rings. The van der Waals surface area contributed by atoms with Gasteiger partial charge in [-0.25, -0.2) is 4.79 Å². The van der Waals surface area contributed by atoms with E-state index in [0.29, 0.717) is 10.9 Å². The summed E-state index contributed by atoms with van der Waals surface area (Å²) in [5.74, 6) is -0.0420. The van der Waals surface area contributed by atoms with E-state index in [0.717, 1.165) is 18.7 Å². The van der Waals surface area contributed by atoms with Crippen molar-refractivity contribution in [3.63, 3.8) is 0 Å². The van der Waals surface area contributed by atoms with Crippen LogP contribution in [0, 0.1) is 0 Å². The van der Waals surface area contributed by atoms with Gasteiger partial charge in [0.25, 0.3) is 0 Å². The van der Waals surface area contributed by atoms with Crippen molar-refractivity contribution in [2.75, 3.05) is 12.3 Å². The van der Waals surface area contributed by atoms with Crippen molar-refractivity contribution in [3.05, 3.63) is 35.9 Å². The second-order valence-corrected chi connectivity index (χ2v) is 6.32. The number of carbonyl (C=O) groups excluding carboxylic acids is 2. The number of carbonyl (C=O) groups is 2. The van der Waals surface area contributed by atoms with Crippen LogP contribution in [0.4, 0.5) is 0 Å². The lowest BCUT2D eigenvalue weighted by Gasteiger charge is -2.36. The summed E-state index contributed by atoms with van der Waals surface area (Å²) in [4.78, 5) is 26.1. The third-order valence-corrected chi connectivity index (χ3v) is 5.09. The molecule has 0 N–H and O–H groups in total. The largest absolute Gasteiger partial charge is 0.424 e. The number of esters is 2. The van der Waals surface area contributed by atoms with Gasteiger partial charge in [0, 0.05) is 19.2 Å². The average molecular weight is 307 g/mol. The zero-order chi connectivity index (χ0) is 14.8. The SMILES string of the molecule is C[C@H](OC(=O)c1ccccc1)OC(=O)[C@@H]1CS[C@@H]2CCN21. The van der Waals surface area contributed by atoms with Crippen LogP contribution >= 0.6 is 11.8 Å². The molecule has 0 radical (unpaired) electrons. The molecule has 2 fully saturated rings. The monoisotopic (exact) mass is 307 g/mol. The predicted octanol–water partition coefficient (Wildman–Crippen LogP) is 1.88. The summed E-state index contributed by atoms with van der Waals surface area (Å²) in [7, 11) is 0. The Morgan fingerprint density at radius 3 is 2.67 bits per heavy atom. The number of benzene rings is 1. The van der Waals surface area contributed by atoms with Gasteiger partial charge in [-0.15, -0.1) is 11.8 Å². The molecule has 1 aromatic carbocycles. The summed E-state index contributed by atoms with van der Waals surface area (Å²) < 4.78 is 10.4. The fourth-order valence-corrected chi connectivity index (χ4v) is 3.93. The first kappa shape index (κ1) is 14.4. The van der Waals surface area contributed by atoms with Crippen LogP contribution in [0.2, 0.25) is 0 Å². The summed E-state index contributed by atoms with van der Waals surface area (Å²) in [5, 5.41) is 0.463. The van der Waals surface area contributed by atoms with Crippen molar-refractivity contribution in [3.8, 4) is 0 Å². The van der Waals surface area contributed by atoms with Crippen molar-refractivity contribution in [1.29, 1.82) is 0 Å². The Labute approximate surface area is 127 Å². The van der Waals surface area contributed by atoms with E-state index in [2.05, 4.69) is 4.90 Å². The quantitative estimate of drug-likeness (QED) is 0.625. The van der Waals surface area contributed by atoms with Crippen molar-refractivity contribution in [1.82, 2.24) is 4.90 Å². The van der Waals surface area contributed by atoms with E-state index in [9.17, 15) is 9.59 Å². The first-order chi connectivity index (χ1) is 10.1. The first-order valence-electron chi connectivity index (χ1n) is 6.99. The molecular formula is C15H17NO4S. The van der Waals surface area contributed by atoms with Gasteiger partial charge >= 0.3 is 11.9 Å². The number of hydrogen-bond donors (Lipinski definition) is 0. The van der Waals surface area contributed by atoms with E-state index in [1.165, 1.54) is 0 Å². The summed E-state index contributed by atoms with van der Waals surface area (Å²) in [5.41, 5.74) is 0.444. The molecule has 6 heteroatoms. The maximum Gasteiger partial charge on any atom is 0.341 e. The highest BCUT2D eigenvalue weighted by atomic mass is 32.2. The molecule has 0 aliphatic carbocycles. The molecule has 3 atom stereocenters. The summed E-state index contributed by atoms with van der Waals surface area (Å²) in [6, 6.07) is 8.46. The Morgan fingerprint density at radius 1 is 1.29 bits per heavy atom. The molecule has 0 amide bonds. The maximum absolute atomic E-state index is 12.1. The maximum atomic E-state index is 12.1. The fourth-order valence-electron chi connectivity index (χ4n) is 2.48. The van der Waals surface area contributed by atoms with Crippen LogP contribution in [0.25, 0.3) is 0 Å². The molecule has 2 saturated heterocycles. The Hall–Kier alpha value is -1.53. The van der Waals surface area contributed by atoms with Crippen molar-refractivity contribution in [2.24, 2.45) is 0 Å². The third-order valence-electron chi connectivity index (χ3n) is 3.69. The van der Waals surface area contributed by atoms with Gasteiger partial charge in [0.2, 0.25) is 6.29 Å². The Kier molecular flexibility index (Phi) is 4.17. The minimum absolute atomic E-state index is 0.202. The molecule has 0 aromatic heterocycles. The lowest BCUT2D eigenvalue weighted by Crippen LogP contribution is -2.50. The number of rotatable bonds is 4. The molecule has 0 saturated carbocycles. The van der Waals surface area contributed by atoms with Crippen molar-refractivity contribution in [2.45, 2.75) is 31.1 Å². The molecule has 2 heterocycles. The normalized spacial score (nSPS) is 25.6. The van der Waals surface area contributed by atoms with Crippen LogP contribution in [0.5, 0.6) is 0 Å². The lowest BCUT2D eigenvalue weighted by atomic mass is 10.1. The van der Waals surface area contributed by atoms with Crippen molar-refractivity contribution >= 4 is 23.7 Å². The molecule has 0 spiro atoms. The third kappa shape index (κ3) is 3.06. The van der Waals surface area contributed by atoms with Crippen molar-refractivity contribution < 1.29 is 19.1 Å². The molecule has 5 nitrogen and oxygen atoms in total. The summed E-state index contributed by atoms with van der Waals surface area (Å²) in [6.45, 7) is 2.50. The number of ether oxygens (including phenoxy) is 2. The lowest BCUT2D eigenvalue weighted by molar-refractivity contribution is -0.172. The molecular weight excluding hydrogens is 290 g/mol.